The summed E-state index contributed by atoms with van der Waals surface area (Å²) in [5.74, 6) is -1.04. The van der Waals surface area contributed by atoms with Crippen LogP contribution in [0.5, 0.6) is 11.5 Å². The third kappa shape index (κ3) is 2.25. The van der Waals surface area contributed by atoms with Crippen molar-refractivity contribution < 1.29 is 13.5 Å². The van der Waals surface area contributed by atoms with Gasteiger partial charge in [-0.2, -0.15) is 0 Å². The molecule has 0 aliphatic heterocycles. The van der Waals surface area contributed by atoms with Crippen LogP contribution in [0.15, 0.2) is 48.7 Å². The summed E-state index contributed by atoms with van der Waals surface area (Å²) in [4.78, 5) is 4.16. The molecule has 3 aromatic rings. The summed E-state index contributed by atoms with van der Waals surface area (Å²) >= 11 is 0. The number of nitrogen functional groups attached to an aromatic ring is 1. The molecule has 100 valence electrons. The van der Waals surface area contributed by atoms with E-state index < -0.39 is 11.6 Å². The molecule has 0 atom stereocenters. The maximum Gasteiger partial charge on any atom is 0.161 e. The Labute approximate surface area is 113 Å². The number of para-hydroxylation sites is 1. The van der Waals surface area contributed by atoms with E-state index in [1.54, 1.807) is 12.1 Å². The monoisotopic (exact) mass is 272 g/mol. The topological polar surface area (TPSA) is 48.1 Å². The highest BCUT2D eigenvalue weighted by Crippen LogP contribution is 2.34. The smallest absolute Gasteiger partial charge is 0.161 e. The Bertz CT molecular complexity index is 770. The molecule has 0 saturated carbocycles. The maximum absolute atomic E-state index is 13.2. The first-order valence-electron chi connectivity index (χ1n) is 5.90. The number of fused-ring (bicyclic) bond motifs is 1. The average molecular weight is 272 g/mol. The summed E-state index contributed by atoms with van der Waals surface area (Å²) in [7, 11) is 0. The van der Waals surface area contributed by atoms with Gasteiger partial charge in [-0.25, -0.2) is 8.78 Å². The first-order valence-corrected chi connectivity index (χ1v) is 5.90. The van der Waals surface area contributed by atoms with E-state index in [1.807, 2.05) is 12.1 Å². The molecule has 1 heterocycles. The van der Waals surface area contributed by atoms with E-state index in [4.69, 9.17) is 10.5 Å². The summed E-state index contributed by atoms with van der Waals surface area (Å²) in [6.45, 7) is 0. The Hall–Kier alpha value is -2.69. The largest absolute Gasteiger partial charge is 0.454 e. The second-order valence-corrected chi connectivity index (χ2v) is 4.27. The molecule has 0 bridgehead atoms. The van der Waals surface area contributed by atoms with E-state index in [-0.39, 0.29) is 5.75 Å². The fourth-order valence-electron chi connectivity index (χ4n) is 1.95. The second kappa shape index (κ2) is 4.77. The van der Waals surface area contributed by atoms with Gasteiger partial charge in [0.15, 0.2) is 5.75 Å². The molecule has 0 unspecified atom stereocenters. The summed E-state index contributed by atoms with van der Waals surface area (Å²) in [6.07, 6.45) is 1.45. The van der Waals surface area contributed by atoms with E-state index in [2.05, 4.69) is 4.98 Å². The van der Waals surface area contributed by atoms with Crippen LogP contribution in [-0.2, 0) is 0 Å². The zero-order chi connectivity index (χ0) is 14.1. The van der Waals surface area contributed by atoms with Gasteiger partial charge < -0.3 is 10.5 Å². The number of ether oxygens (including phenoxy) is 1. The molecule has 3 nitrogen and oxygen atoms in total. The molecule has 5 heteroatoms. The van der Waals surface area contributed by atoms with Crippen LogP contribution in [0.2, 0.25) is 0 Å². The van der Waals surface area contributed by atoms with Crippen LogP contribution < -0.4 is 10.5 Å². The molecule has 0 aliphatic carbocycles. The Balaban J connectivity index is 2.12. The predicted molar refractivity (Wildman–Crippen MR) is 72.6 cm³/mol. The lowest BCUT2D eigenvalue weighted by Crippen LogP contribution is -1.95. The van der Waals surface area contributed by atoms with Crippen molar-refractivity contribution in [1.29, 1.82) is 0 Å². The lowest BCUT2D eigenvalue weighted by Gasteiger charge is -2.11. The van der Waals surface area contributed by atoms with Crippen LogP contribution in [-0.4, -0.2) is 4.98 Å². The Morgan fingerprint density at radius 1 is 1.00 bits per heavy atom. The summed E-state index contributed by atoms with van der Waals surface area (Å²) in [6, 6.07) is 10.2. The quantitative estimate of drug-likeness (QED) is 0.770. The number of halogens is 2. The molecule has 0 spiro atoms. The third-order valence-electron chi connectivity index (χ3n) is 2.81. The van der Waals surface area contributed by atoms with Gasteiger partial charge in [-0.1, -0.05) is 12.1 Å². The van der Waals surface area contributed by atoms with Crippen LogP contribution in [0.25, 0.3) is 10.9 Å². The minimum atomic E-state index is -0.711. The molecule has 0 radical (unpaired) electrons. The SMILES string of the molecule is Nc1cnc2ccccc2c1Oc1cc(F)cc(F)c1. The molecule has 0 aliphatic rings. The number of nitrogens with zero attached hydrogens (tertiary/aromatic N) is 1. The number of nitrogens with two attached hydrogens (primary N) is 1. The van der Waals surface area contributed by atoms with Crippen molar-refractivity contribution in [3.8, 4) is 11.5 Å². The molecule has 2 aromatic carbocycles. The molecule has 2 N–H and O–H groups in total. The van der Waals surface area contributed by atoms with Crippen molar-refractivity contribution in [2.24, 2.45) is 0 Å². The number of pyridine rings is 1. The average Bonchev–Trinajstić information content (AvgIpc) is 2.41. The van der Waals surface area contributed by atoms with Crippen LogP contribution in [0, 0.1) is 11.6 Å². The molecule has 0 saturated heterocycles. The number of benzene rings is 2. The van der Waals surface area contributed by atoms with Crippen LogP contribution in [0.1, 0.15) is 0 Å². The third-order valence-corrected chi connectivity index (χ3v) is 2.81. The van der Waals surface area contributed by atoms with Gasteiger partial charge >= 0.3 is 0 Å². The van der Waals surface area contributed by atoms with E-state index in [1.165, 1.54) is 6.20 Å². The van der Waals surface area contributed by atoms with Gasteiger partial charge in [0.2, 0.25) is 0 Å². The standard InChI is InChI=1S/C15H10F2N2O/c16-9-5-10(17)7-11(6-9)20-15-12-3-1-2-4-14(12)19-8-13(15)18/h1-8H,18H2. The maximum atomic E-state index is 13.2. The number of rotatable bonds is 2. The zero-order valence-electron chi connectivity index (χ0n) is 10.3. The number of hydrogen-bond donors (Lipinski definition) is 1. The van der Waals surface area contributed by atoms with Crippen molar-refractivity contribution in [1.82, 2.24) is 4.98 Å². The summed E-state index contributed by atoms with van der Waals surface area (Å²) in [5.41, 5.74) is 6.82. The van der Waals surface area contributed by atoms with Crippen LogP contribution in [0.4, 0.5) is 14.5 Å². The van der Waals surface area contributed by atoms with Gasteiger partial charge in [0.05, 0.1) is 17.4 Å². The summed E-state index contributed by atoms with van der Waals surface area (Å²) in [5, 5.41) is 0.678. The number of aromatic nitrogens is 1. The van der Waals surface area contributed by atoms with E-state index in [0.717, 1.165) is 18.2 Å². The first kappa shape index (κ1) is 12.3. The van der Waals surface area contributed by atoms with E-state index >= 15 is 0 Å². The van der Waals surface area contributed by atoms with E-state index in [9.17, 15) is 8.78 Å². The fourth-order valence-corrected chi connectivity index (χ4v) is 1.95. The van der Waals surface area contributed by atoms with Gasteiger partial charge in [-0.05, 0) is 12.1 Å². The van der Waals surface area contributed by atoms with Gasteiger partial charge in [0, 0.05) is 23.6 Å². The van der Waals surface area contributed by atoms with Gasteiger partial charge in [0.1, 0.15) is 17.4 Å². The molecule has 20 heavy (non-hydrogen) atoms. The molecule has 0 fully saturated rings. The Morgan fingerprint density at radius 2 is 1.70 bits per heavy atom. The highest BCUT2D eigenvalue weighted by atomic mass is 19.1. The normalized spacial score (nSPS) is 10.7. The number of hydrogen-bond acceptors (Lipinski definition) is 3. The lowest BCUT2D eigenvalue weighted by molar-refractivity contribution is 0.474. The van der Waals surface area contributed by atoms with E-state index in [0.29, 0.717) is 22.3 Å². The minimum absolute atomic E-state index is 0.0468. The highest BCUT2D eigenvalue weighted by Gasteiger charge is 2.10. The van der Waals surface area contributed by atoms with Gasteiger partial charge in [-0.3, -0.25) is 4.98 Å². The van der Waals surface area contributed by atoms with Crippen molar-refractivity contribution in [3.63, 3.8) is 0 Å². The second-order valence-electron chi connectivity index (χ2n) is 4.27. The van der Waals surface area contributed by atoms with Crippen LogP contribution in [0.3, 0.4) is 0 Å². The van der Waals surface area contributed by atoms with Crippen molar-refractivity contribution in [2.75, 3.05) is 5.73 Å². The lowest BCUT2D eigenvalue weighted by atomic mass is 10.2. The zero-order valence-corrected chi connectivity index (χ0v) is 10.3. The molecule has 3 rings (SSSR count). The van der Waals surface area contributed by atoms with Gasteiger partial charge in [0.25, 0.3) is 0 Å². The van der Waals surface area contributed by atoms with Crippen LogP contribution >= 0.6 is 0 Å². The molecule has 0 amide bonds. The number of anilines is 1. The van der Waals surface area contributed by atoms with Gasteiger partial charge in [-0.15, -0.1) is 0 Å². The minimum Gasteiger partial charge on any atom is -0.454 e. The van der Waals surface area contributed by atoms with Crippen molar-refractivity contribution in [3.05, 3.63) is 60.3 Å². The Morgan fingerprint density at radius 3 is 2.45 bits per heavy atom. The van der Waals surface area contributed by atoms with Crippen molar-refractivity contribution in [2.45, 2.75) is 0 Å². The van der Waals surface area contributed by atoms with Crippen molar-refractivity contribution >= 4 is 16.6 Å². The fraction of sp³-hybridized carbons (Fsp3) is 0. The highest BCUT2D eigenvalue weighted by molar-refractivity contribution is 5.89. The Kier molecular flexibility index (Phi) is 2.95. The first-order chi connectivity index (χ1) is 9.63. The molecule has 1 aromatic heterocycles. The molecular formula is C15H10F2N2O. The predicted octanol–water partition coefficient (Wildman–Crippen LogP) is 3.89. The molecular weight excluding hydrogens is 262 g/mol. The summed E-state index contributed by atoms with van der Waals surface area (Å²) < 4.78 is 31.9.